The second-order valence-corrected chi connectivity index (χ2v) is 8.24. The molecule has 32 heavy (non-hydrogen) atoms. The molecule has 180 valence electrons. The summed E-state index contributed by atoms with van der Waals surface area (Å²) < 4.78 is 11.4. The van der Waals surface area contributed by atoms with Crippen molar-refractivity contribution < 1.29 is 14.3 Å². The number of rotatable bonds is 9. The van der Waals surface area contributed by atoms with E-state index in [0.29, 0.717) is 25.5 Å². The lowest BCUT2D eigenvalue weighted by molar-refractivity contribution is -0.119. The number of primary amides is 1. The Labute approximate surface area is 208 Å². The molecule has 1 atom stereocenters. The molecule has 1 aromatic carbocycles. The van der Waals surface area contributed by atoms with Crippen LogP contribution in [-0.2, 0) is 16.1 Å². The lowest BCUT2D eigenvalue weighted by Crippen LogP contribution is -2.47. The number of guanidine groups is 1. The van der Waals surface area contributed by atoms with Crippen molar-refractivity contribution in [2.75, 3.05) is 59.1 Å². The molecule has 0 bridgehead atoms. The average molecular weight is 559 g/mol. The van der Waals surface area contributed by atoms with Gasteiger partial charge in [-0.1, -0.05) is 12.1 Å². The van der Waals surface area contributed by atoms with E-state index in [2.05, 4.69) is 34.2 Å². The van der Waals surface area contributed by atoms with Crippen LogP contribution >= 0.6 is 24.0 Å². The summed E-state index contributed by atoms with van der Waals surface area (Å²) in [6.07, 6.45) is 2.54. The molecule has 0 radical (unpaired) electrons. The van der Waals surface area contributed by atoms with Crippen molar-refractivity contribution >= 4 is 35.8 Å². The van der Waals surface area contributed by atoms with Crippen molar-refractivity contribution in [2.24, 2.45) is 16.6 Å². The number of amides is 1. The molecule has 1 amide bonds. The van der Waals surface area contributed by atoms with Crippen LogP contribution in [0.15, 0.2) is 29.3 Å². The average Bonchev–Trinajstić information content (AvgIpc) is 2.77. The minimum atomic E-state index is -0.223. The fourth-order valence-electron chi connectivity index (χ4n) is 4.15. The van der Waals surface area contributed by atoms with Gasteiger partial charge in [-0.2, -0.15) is 0 Å². The van der Waals surface area contributed by atoms with Crippen molar-refractivity contribution in [3.63, 3.8) is 0 Å². The van der Waals surface area contributed by atoms with E-state index in [0.717, 1.165) is 82.6 Å². The minimum absolute atomic E-state index is 0. The zero-order valence-electron chi connectivity index (χ0n) is 19.1. The Morgan fingerprint density at radius 3 is 2.88 bits per heavy atom. The molecule has 2 saturated heterocycles. The Balaban J connectivity index is 0.00000363. The molecule has 2 fully saturated rings. The number of morpholine rings is 1. The minimum Gasteiger partial charge on any atom is -0.492 e. The Morgan fingerprint density at radius 1 is 1.31 bits per heavy atom. The van der Waals surface area contributed by atoms with Crippen molar-refractivity contribution in [1.29, 1.82) is 0 Å². The number of hydrogen-bond acceptors (Lipinski definition) is 5. The van der Waals surface area contributed by atoms with Gasteiger partial charge in [0.1, 0.15) is 12.4 Å². The van der Waals surface area contributed by atoms with Gasteiger partial charge in [0.05, 0.1) is 19.8 Å². The van der Waals surface area contributed by atoms with Crippen LogP contribution in [0.2, 0.25) is 0 Å². The third-order valence-corrected chi connectivity index (χ3v) is 5.73. The number of likely N-dealkylation sites (tertiary alicyclic amines) is 1. The number of ether oxygens (including phenoxy) is 2. The largest absolute Gasteiger partial charge is 0.492 e. The number of carbonyl (C=O) groups is 1. The van der Waals surface area contributed by atoms with Gasteiger partial charge in [0.15, 0.2) is 5.96 Å². The Bertz CT molecular complexity index is 727. The van der Waals surface area contributed by atoms with Gasteiger partial charge in [-0.3, -0.25) is 9.69 Å². The van der Waals surface area contributed by atoms with E-state index in [1.807, 2.05) is 12.1 Å². The summed E-state index contributed by atoms with van der Waals surface area (Å²) in [5, 5.41) is 3.39. The fraction of sp³-hybridized carbons (Fsp3) is 0.652. The van der Waals surface area contributed by atoms with Gasteiger partial charge in [0.25, 0.3) is 0 Å². The molecule has 0 saturated carbocycles. The zero-order valence-corrected chi connectivity index (χ0v) is 21.5. The fourth-order valence-corrected chi connectivity index (χ4v) is 4.15. The summed E-state index contributed by atoms with van der Waals surface area (Å²) in [6.45, 7) is 10.4. The number of aliphatic imine (C=N–C) groups is 1. The smallest absolute Gasteiger partial charge is 0.217 e. The Kier molecular flexibility index (Phi) is 12.1. The lowest BCUT2D eigenvalue weighted by atomic mass is 9.95. The van der Waals surface area contributed by atoms with E-state index < -0.39 is 0 Å². The number of carbonyl (C=O) groups excluding carboxylic acids is 1. The monoisotopic (exact) mass is 559 g/mol. The van der Waals surface area contributed by atoms with E-state index in [4.69, 9.17) is 20.2 Å². The van der Waals surface area contributed by atoms with Gasteiger partial charge in [-0.15, -0.1) is 24.0 Å². The maximum Gasteiger partial charge on any atom is 0.217 e. The normalized spacial score (nSPS) is 19.8. The molecule has 3 rings (SSSR count). The molecule has 3 N–H and O–H groups in total. The molecule has 9 heteroatoms. The van der Waals surface area contributed by atoms with Crippen LogP contribution in [0.5, 0.6) is 5.75 Å². The molecular weight excluding hydrogens is 521 g/mol. The molecule has 1 aromatic rings. The standard InChI is InChI=1S/C23H37N5O3.HI/c1-2-25-23(28-8-4-6-20(18-28)16-22(24)29)26-17-19-5-3-7-21(15-19)31-14-11-27-9-12-30-13-10-27;/h3,5,7,15,20H,2,4,6,8-14,16-18H2,1H3,(H2,24,29)(H,25,26);1H. The number of nitrogens with two attached hydrogens (primary N) is 1. The van der Waals surface area contributed by atoms with Crippen LogP contribution in [-0.4, -0.2) is 80.8 Å². The first-order valence-electron chi connectivity index (χ1n) is 11.5. The van der Waals surface area contributed by atoms with Crippen molar-refractivity contribution in [3.05, 3.63) is 29.8 Å². The van der Waals surface area contributed by atoms with E-state index in [-0.39, 0.29) is 29.9 Å². The first kappa shape index (κ1) is 26.7. The molecule has 0 aromatic heterocycles. The summed E-state index contributed by atoms with van der Waals surface area (Å²) >= 11 is 0. The highest BCUT2D eigenvalue weighted by Gasteiger charge is 2.23. The van der Waals surface area contributed by atoms with Crippen molar-refractivity contribution in [1.82, 2.24) is 15.1 Å². The number of hydrogen-bond donors (Lipinski definition) is 2. The molecule has 2 aliphatic rings. The third-order valence-electron chi connectivity index (χ3n) is 5.73. The van der Waals surface area contributed by atoms with E-state index in [9.17, 15) is 4.79 Å². The molecule has 2 heterocycles. The van der Waals surface area contributed by atoms with Gasteiger partial charge < -0.3 is 25.4 Å². The SMILES string of the molecule is CCNC(=NCc1cccc(OCCN2CCOCC2)c1)N1CCCC(CC(N)=O)C1.I. The number of nitrogens with one attached hydrogen (secondary N) is 1. The van der Waals surface area contributed by atoms with Crippen LogP contribution in [0.3, 0.4) is 0 Å². The molecule has 2 aliphatic heterocycles. The summed E-state index contributed by atoms with van der Waals surface area (Å²) in [4.78, 5) is 20.8. The van der Waals surface area contributed by atoms with Gasteiger partial charge in [-0.05, 0) is 43.4 Å². The number of piperidine rings is 1. The lowest BCUT2D eigenvalue weighted by Gasteiger charge is -2.34. The van der Waals surface area contributed by atoms with Crippen LogP contribution in [0.25, 0.3) is 0 Å². The molecule has 1 unspecified atom stereocenters. The summed E-state index contributed by atoms with van der Waals surface area (Å²) in [5.41, 5.74) is 6.52. The highest BCUT2D eigenvalue weighted by atomic mass is 127. The van der Waals surface area contributed by atoms with E-state index in [1.165, 1.54) is 0 Å². The van der Waals surface area contributed by atoms with Crippen molar-refractivity contribution in [3.8, 4) is 5.75 Å². The molecule has 8 nitrogen and oxygen atoms in total. The van der Waals surface area contributed by atoms with E-state index >= 15 is 0 Å². The second-order valence-electron chi connectivity index (χ2n) is 8.24. The van der Waals surface area contributed by atoms with Gasteiger partial charge >= 0.3 is 0 Å². The summed E-state index contributed by atoms with van der Waals surface area (Å²) in [5.74, 6) is 1.86. The maximum atomic E-state index is 11.3. The maximum absolute atomic E-state index is 11.3. The predicted octanol–water partition coefficient (Wildman–Crippen LogP) is 2.07. The first-order valence-corrected chi connectivity index (χ1v) is 11.5. The predicted molar refractivity (Wildman–Crippen MR) is 138 cm³/mol. The van der Waals surface area contributed by atoms with Crippen LogP contribution in [0, 0.1) is 5.92 Å². The topological polar surface area (TPSA) is 92.4 Å². The number of nitrogens with zero attached hydrogens (tertiary/aromatic N) is 3. The summed E-state index contributed by atoms with van der Waals surface area (Å²) in [7, 11) is 0. The third kappa shape index (κ3) is 9.11. The zero-order chi connectivity index (χ0) is 21.9. The first-order chi connectivity index (χ1) is 15.1. The Hall–Kier alpha value is -1.59. The molecule has 0 spiro atoms. The number of halogens is 1. The quantitative estimate of drug-likeness (QED) is 0.274. The van der Waals surface area contributed by atoms with Gasteiger partial charge in [-0.25, -0.2) is 4.99 Å². The van der Waals surface area contributed by atoms with Crippen LogP contribution < -0.4 is 15.8 Å². The molecule has 0 aliphatic carbocycles. The van der Waals surface area contributed by atoms with Crippen molar-refractivity contribution in [2.45, 2.75) is 32.7 Å². The van der Waals surface area contributed by atoms with Gasteiger partial charge in [0.2, 0.25) is 5.91 Å². The Morgan fingerprint density at radius 2 is 2.12 bits per heavy atom. The number of benzene rings is 1. The van der Waals surface area contributed by atoms with Crippen LogP contribution in [0.1, 0.15) is 31.7 Å². The highest BCUT2D eigenvalue weighted by Crippen LogP contribution is 2.20. The molecular formula is C23H38IN5O3. The van der Waals surface area contributed by atoms with E-state index in [1.54, 1.807) is 0 Å². The highest BCUT2D eigenvalue weighted by molar-refractivity contribution is 14.0. The van der Waals surface area contributed by atoms with Crippen LogP contribution in [0.4, 0.5) is 0 Å². The summed E-state index contributed by atoms with van der Waals surface area (Å²) in [6, 6.07) is 8.16. The van der Waals surface area contributed by atoms with Gasteiger partial charge in [0, 0.05) is 45.7 Å². The second kappa shape index (κ2) is 14.5.